The molecule has 20 heavy (non-hydrogen) atoms. The minimum absolute atomic E-state index is 0.0988. The molecule has 0 spiro atoms. The highest BCUT2D eigenvalue weighted by Crippen LogP contribution is 2.28. The van der Waals surface area contributed by atoms with E-state index in [1.165, 1.54) is 7.11 Å². The van der Waals surface area contributed by atoms with Crippen LogP contribution in [0.25, 0.3) is 0 Å². The quantitative estimate of drug-likeness (QED) is 0.844. The fourth-order valence-corrected chi connectivity index (χ4v) is 2.10. The van der Waals surface area contributed by atoms with Gasteiger partial charge in [0.2, 0.25) is 0 Å². The van der Waals surface area contributed by atoms with E-state index in [0.717, 1.165) is 24.9 Å². The van der Waals surface area contributed by atoms with Gasteiger partial charge in [0.25, 0.3) is 0 Å². The number of benzene rings is 1. The van der Waals surface area contributed by atoms with Crippen molar-refractivity contribution in [3.63, 3.8) is 0 Å². The van der Waals surface area contributed by atoms with Gasteiger partial charge in [-0.25, -0.2) is 4.39 Å². The fraction of sp³-hybridized carbons (Fsp3) is 0.647. The van der Waals surface area contributed by atoms with Gasteiger partial charge in [0.15, 0.2) is 11.6 Å². The lowest BCUT2D eigenvalue weighted by molar-refractivity contribution is 0.254. The summed E-state index contributed by atoms with van der Waals surface area (Å²) in [7, 11) is 1.49. The maximum absolute atomic E-state index is 13.8. The van der Waals surface area contributed by atoms with Crippen molar-refractivity contribution in [1.29, 1.82) is 0 Å². The van der Waals surface area contributed by atoms with Crippen molar-refractivity contribution in [2.45, 2.75) is 53.0 Å². The average Bonchev–Trinajstić information content (AvgIpc) is 2.36. The highest BCUT2D eigenvalue weighted by Gasteiger charge is 2.25. The molecular formula is C17H28FNO. The molecule has 1 aromatic rings. The fourth-order valence-electron chi connectivity index (χ4n) is 2.10. The molecule has 114 valence electrons. The van der Waals surface area contributed by atoms with Crippen LogP contribution < -0.4 is 10.1 Å². The van der Waals surface area contributed by atoms with E-state index in [9.17, 15) is 4.39 Å². The molecule has 0 saturated heterocycles. The van der Waals surface area contributed by atoms with Crippen LogP contribution in [0.2, 0.25) is 0 Å². The molecule has 0 aliphatic rings. The lowest BCUT2D eigenvalue weighted by atomic mass is 9.80. The van der Waals surface area contributed by atoms with Crippen LogP contribution in [0.15, 0.2) is 18.2 Å². The first-order valence-electron chi connectivity index (χ1n) is 7.26. The van der Waals surface area contributed by atoms with E-state index in [1.807, 2.05) is 6.07 Å². The van der Waals surface area contributed by atoms with Crippen molar-refractivity contribution in [3.8, 4) is 5.75 Å². The Hall–Kier alpha value is -1.09. The lowest BCUT2D eigenvalue weighted by Gasteiger charge is -2.33. The molecule has 0 aromatic heterocycles. The molecule has 0 aliphatic heterocycles. The third-order valence-electron chi connectivity index (χ3n) is 3.75. The van der Waals surface area contributed by atoms with E-state index < -0.39 is 0 Å². The first-order valence-corrected chi connectivity index (χ1v) is 7.26. The molecule has 0 radical (unpaired) electrons. The van der Waals surface area contributed by atoms with Gasteiger partial charge in [-0.1, -0.05) is 19.9 Å². The Morgan fingerprint density at radius 1 is 1.20 bits per heavy atom. The molecule has 3 heteroatoms. The highest BCUT2D eigenvalue weighted by atomic mass is 19.1. The second kappa shape index (κ2) is 6.57. The summed E-state index contributed by atoms with van der Waals surface area (Å²) < 4.78 is 18.7. The van der Waals surface area contributed by atoms with Gasteiger partial charge < -0.3 is 10.1 Å². The smallest absolute Gasteiger partial charge is 0.165 e. The third-order valence-corrected chi connectivity index (χ3v) is 3.75. The summed E-state index contributed by atoms with van der Waals surface area (Å²) in [6.45, 7) is 11.8. The number of nitrogens with one attached hydrogen (secondary N) is 1. The molecule has 1 aromatic carbocycles. The number of hydrogen-bond donors (Lipinski definition) is 1. The summed E-state index contributed by atoms with van der Waals surface area (Å²) >= 11 is 0. The van der Waals surface area contributed by atoms with Crippen molar-refractivity contribution in [1.82, 2.24) is 5.32 Å². The Morgan fingerprint density at radius 2 is 1.85 bits per heavy atom. The summed E-state index contributed by atoms with van der Waals surface area (Å²) in [5.74, 6) is 0.0204. The predicted octanol–water partition coefficient (Wildman–Crippen LogP) is 4.18. The van der Waals surface area contributed by atoms with Crippen LogP contribution in [-0.4, -0.2) is 19.2 Å². The van der Waals surface area contributed by atoms with Crippen LogP contribution in [-0.2, 0) is 6.42 Å². The zero-order chi connectivity index (χ0) is 15.4. The van der Waals surface area contributed by atoms with Crippen molar-refractivity contribution in [2.24, 2.45) is 5.41 Å². The van der Waals surface area contributed by atoms with Crippen molar-refractivity contribution in [2.75, 3.05) is 13.7 Å². The topological polar surface area (TPSA) is 21.3 Å². The SMILES string of the molecule is CCC(C)(CNC(C)(C)C)Cc1ccc(OC)c(F)c1. The summed E-state index contributed by atoms with van der Waals surface area (Å²) in [5, 5.41) is 3.55. The lowest BCUT2D eigenvalue weighted by Crippen LogP contribution is -2.43. The molecule has 0 amide bonds. The zero-order valence-electron chi connectivity index (χ0n) is 13.6. The number of ether oxygens (including phenoxy) is 1. The van der Waals surface area contributed by atoms with Crippen LogP contribution in [0.5, 0.6) is 5.75 Å². The molecule has 2 nitrogen and oxygen atoms in total. The molecule has 1 atom stereocenters. The van der Waals surface area contributed by atoms with Gasteiger partial charge in [-0.05, 0) is 56.7 Å². The first kappa shape index (κ1) is 17.0. The second-order valence-corrected chi connectivity index (χ2v) is 6.91. The van der Waals surface area contributed by atoms with E-state index in [0.29, 0.717) is 5.75 Å². The van der Waals surface area contributed by atoms with Crippen LogP contribution >= 0.6 is 0 Å². The third kappa shape index (κ3) is 5.12. The van der Waals surface area contributed by atoms with Crippen LogP contribution in [0, 0.1) is 11.2 Å². The molecular weight excluding hydrogens is 253 g/mol. The Labute approximate surface area is 122 Å². The average molecular weight is 281 g/mol. The summed E-state index contributed by atoms with van der Waals surface area (Å²) in [6, 6.07) is 5.24. The summed E-state index contributed by atoms with van der Waals surface area (Å²) in [4.78, 5) is 0. The van der Waals surface area contributed by atoms with E-state index in [2.05, 4.69) is 39.9 Å². The molecule has 0 saturated carbocycles. The van der Waals surface area contributed by atoms with Gasteiger partial charge >= 0.3 is 0 Å². The molecule has 1 rings (SSSR count). The minimum Gasteiger partial charge on any atom is -0.494 e. The molecule has 0 fully saturated rings. The largest absolute Gasteiger partial charge is 0.494 e. The normalized spacial score (nSPS) is 14.9. The zero-order valence-corrected chi connectivity index (χ0v) is 13.6. The van der Waals surface area contributed by atoms with Crippen molar-refractivity contribution < 1.29 is 9.13 Å². The maximum atomic E-state index is 13.8. The number of methoxy groups -OCH3 is 1. The van der Waals surface area contributed by atoms with Gasteiger partial charge in [0.05, 0.1) is 7.11 Å². The highest BCUT2D eigenvalue weighted by molar-refractivity contribution is 5.29. The number of halogens is 1. The van der Waals surface area contributed by atoms with Crippen LogP contribution in [0.3, 0.4) is 0 Å². The van der Waals surface area contributed by atoms with Gasteiger partial charge in [0.1, 0.15) is 0 Å². The van der Waals surface area contributed by atoms with E-state index in [4.69, 9.17) is 4.74 Å². The standard InChI is InChI=1S/C17H28FNO/c1-7-17(5,12-19-16(2,3)4)11-13-8-9-15(20-6)14(18)10-13/h8-10,19H,7,11-12H2,1-6H3. The minimum atomic E-state index is -0.285. The molecule has 0 heterocycles. The monoisotopic (exact) mass is 281 g/mol. The Kier molecular flexibility index (Phi) is 5.58. The maximum Gasteiger partial charge on any atom is 0.165 e. The van der Waals surface area contributed by atoms with E-state index in [-0.39, 0.29) is 16.8 Å². The Morgan fingerprint density at radius 3 is 2.30 bits per heavy atom. The molecule has 1 N–H and O–H groups in total. The number of rotatable bonds is 6. The van der Waals surface area contributed by atoms with E-state index >= 15 is 0 Å². The number of hydrogen-bond acceptors (Lipinski definition) is 2. The Bertz CT molecular complexity index is 439. The van der Waals surface area contributed by atoms with Gasteiger partial charge in [-0.2, -0.15) is 0 Å². The molecule has 0 bridgehead atoms. The van der Waals surface area contributed by atoms with Gasteiger partial charge in [-0.3, -0.25) is 0 Å². The van der Waals surface area contributed by atoms with Gasteiger partial charge in [-0.15, -0.1) is 0 Å². The summed E-state index contributed by atoms with van der Waals surface area (Å²) in [5.41, 5.74) is 1.24. The van der Waals surface area contributed by atoms with E-state index in [1.54, 1.807) is 12.1 Å². The van der Waals surface area contributed by atoms with Gasteiger partial charge in [0, 0.05) is 12.1 Å². The van der Waals surface area contributed by atoms with Crippen molar-refractivity contribution >= 4 is 0 Å². The molecule has 0 aliphatic carbocycles. The second-order valence-electron chi connectivity index (χ2n) is 6.91. The first-order chi connectivity index (χ1) is 9.19. The predicted molar refractivity (Wildman–Crippen MR) is 82.8 cm³/mol. The Balaban J connectivity index is 2.79. The van der Waals surface area contributed by atoms with Crippen molar-refractivity contribution in [3.05, 3.63) is 29.6 Å². The van der Waals surface area contributed by atoms with Crippen LogP contribution in [0.1, 0.15) is 46.6 Å². The summed E-state index contributed by atoms with van der Waals surface area (Å²) in [6.07, 6.45) is 1.90. The molecule has 1 unspecified atom stereocenters. The van der Waals surface area contributed by atoms with Crippen LogP contribution in [0.4, 0.5) is 4.39 Å².